The van der Waals surface area contributed by atoms with Gasteiger partial charge in [0.15, 0.2) is 0 Å². The minimum atomic E-state index is -0.839. The molecule has 2 heterocycles. The van der Waals surface area contributed by atoms with Crippen molar-refractivity contribution in [2.75, 3.05) is 18.4 Å². The number of likely N-dealkylation sites (tertiary alicyclic amines) is 1. The molecule has 0 saturated carbocycles. The van der Waals surface area contributed by atoms with Crippen LogP contribution in [0.1, 0.15) is 41.6 Å². The Morgan fingerprint density at radius 3 is 3.00 bits per heavy atom. The Bertz CT molecular complexity index is 571. The first kappa shape index (κ1) is 13.9. The summed E-state index contributed by atoms with van der Waals surface area (Å²) in [5.41, 5.74) is 2.97. The van der Waals surface area contributed by atoms with Crippen LogP contribution in [0.3, 0.4) is 0 Å². The highest BCUT2D eigenvalue weighted by Gasteiger charge is 2.31. The molecule has 0 spiro atoms. The van der Waals surface area contributed by atoms with Crippen LogP contribution < -0.4 is 5.32 Å². The zero-order valence-corrected chi connectivity index (χ0v) is 12.0. The quantitative estimate of drug-likeness (QED) is 0.894. The summed E-state index contributed by atoms with van der Waals surface area (Å²) in [5, 5.41) is 12.3. The predicted molar refractivity (Wildman–Crippen MR) is 79.6 cm³/mol. The van der Waals surface area contributed by atoms with E-state index in [9.17, 15) is 9.59 Å². The summed E-state index contributed by atoms with van der Waals surface area (Å²) in [5.74, 6) is -0.874. The van der Waals surface area contributed by atoms with Crippen molar-refractivity contribution in [3.8, 4) is 0 Å². The Balaban J connectivity index is 1.79. The molecule has 1 aromatic carbocycles. The second-order valence-electron chi connectivity index (χ2n) is 5.79. The maximum atomic E-state index is 12.6. The van der Waals surface area contributed by atoms with Gasteiger partial charge in [0, 0.05) is 30.4 Å². The van der Waals surface area contributed by atoms with E-state index in [2.05, 4.69) is 5.32 Å². The van der Waals surface area contributed by atoms with Crippen molar-refractivity contribution in [2.24, 2.45) is 0 Å². The van der Waals surface area contributed by atoms with Crippen LogP contribution in [0, 0.1) is 0 Å². The molecule has 0 radical (unpaired) electrons. The molecule has 0 bridgehead atoms. The van der Waals surface area contributed by atoms with Gasteiger partial charge >= 0.3 is 5.97 Å². The third-order valence-electron chi connectivity index (χ3n) is 4.34. The number of carboxylic acid groups (broad SMARTS) is 1. The Hall–Kier alpha value is -2.04. The molecule has 1 amide bonds. The standard InChI is InChI=1S/C16H20N2O3/c19-15(20)10-13-4-2-8-18(13)16(21)12-5-6-14-11(9-12)3-1-7-17-14/h5-6,9,13,17H,1-4,7-8,10H2,(H,19,20). The number of nitrogens with zero attached hydrogens (tertiary/aromatic N) is 1. The average Bonchev–Trinajstić information content (AvgIpc) is 2.93. The second kappa shape index (κ2) is 5.76. The van der Waals surface area contributed by atoms with Gasteiger partial charge in [-0.05, 0) is 49.4 Å². The molecule has 1 fully saturated rings. The van der Waals surface area contributed by atoms with Crippen LogP contribution in [0.25, 0.3) is 0 Å². The molecule has 5 heteroatoms. The lowest BCUT2D eigenvalue weighted by Gasteiger charge is -2.25. The molecule has 2 aliphatic rings. The van der Waals surface area contributed by atoms with Gasteiger partial charge < -0.3 is 15.3 Å². The zero-order valence-electron chi connectivity index (χ0n) is 12.0. The van der Waals surface area contributed by atoms with E-state index in [4.69, 9.17) is 5.11 Å². The summed E-state index contributed by atoms with van der Waals surface area (Å²) < 4.78 is 0. The second-order valence-corrected chi connectivity index (χ2v) is 5.79. The minimum Gasteiger partial charge on any atom is -0.481 e. The van der Waals surface area contributed by atoms with Gasteiger partial charge in [-0.2, -0.15) is 0 Å². The highest BCUT2D eigenvalue weighted by Crippen LogP contribution is 2.26. The number of benzene rings is 1. The van der Waals surface area contributed by atoms with E-state index in [0.717, 1.165) is 37.9 Å². The number of amides is 1. The maximum absolute atomic E-state index is 12.6. The summed E-state index contributed by atoms with van der Waals surface area (Å²) in [6.45, 7) is 1.64. The lowest BCUT2D eigenvalue weighted by Crippen LogP contribution is -2.36. The highest BCUT2D eigenvalue weighted by atomic mass is 16.4. The van der Waals surface area contributed by atoms with Crippen molar-refractivity contribution in [1.29, 1.82) is 0 Å². The van der Waals surface area contributed by atoms with Gasteiger partial charge in [-0.1, -0.05) is 0 Å². The molecule has 0 aromatic heterocycles. The largest absolute Gasteiger partial charge is 0.481 e. The maximum Gasteiger partial charge on any atom is 0.305 e. The van der Waals surface area contributed by atoms with Gasteiger partial charge in [-0.3, -0.25) is 9.59 Å². The van der Waals surface area contributed by atoms with E-state index in [1.165, 1.54) is 5.56 Å². The summed E-state index contributed by atoms with van der Waals surface area (Å²) in [4.78, 5) is 25.3. The van der Waals surface area contributed by atoms with Crippen LogP contribution in [0.5, 0.6) is 0 Å². The number of aliphatic carboxylic acids is 1. The number of carbonyl (C=O) groups is 2. The van der Waals surface area contributed by atoms with E-state index in [1.807, 2.05) is 18.2 Å². The molecule has 1 atom stereocenters. The van der Waals surface area contributed by atoms with Crippen LogP contribution >= 0.6 is 0 Å². The lowest BCUT2D eigenvalue weighted by atomic mass is 10.00. The third kappa shape index (κ3) is 2.86. The molecule has 0 aliphatic carbocycles. The molecule has 1 unspecified atom stereocenters. The molecule has 2 N–H and O–H groups in total. The molecule has 3 rings (SSSR count). The summed E-state index contributed by atoms with van der Waals surface area (Å²) in [6, 6.07) is 5.60. The van der Waals surface area contributed by atoms with Gasteiger partial charge in [0.05, 0.1) is 6.42 Å². The summed E-state index contributed by atoms with van der Waals surface area (Å²) in [7, 11) is 0. The van der Waals surface area contributed by atoms with Crippen molar-refractivity contribution in [3.05, 3.63) is 29.3 Å². The Morgan fingerprint density at radius 1 is 1.33 bits per heavy atom. The van der Waals surface area contributed by atoms with Crippen LogP contribution in [-0.2, 0) is 11.2 Å². The van der Waals surface area contributed by atoms with Gasteiger partial charge in [-0.25, -0.2) is 0 Å². The lowest BCUT2D eigenvalue weighted by molar-refractivity contribution is -0.137. The Labute approximate surface area is 123 Å². The number of fused-ring (bicyclic) bond motifs is 1. The SMILES string of the molecule is O=C(O)CC1CCCN1C(=O)c1ccc2c(c1)CCCN2. The van der Waals surface area contributed by atoms with Crippen molar-refractivity contribution in [1.82, 2.24) is 4.90 Å². The third-order valence-corrected chi connectivity index (χ3v) is 4.34. The number of hydrogen-bond acceptors (Lipinski definition) is 3. The molecule has 5 nitrogen and oxygen atoms in total. The van der Waals surface area contributed by atoms with Crippen molar-refractivity contribution in [2.45, 2.75) is 38.1 Å². The summed E-state index contributed by atoms with van der Waals surface area (Å²) >= 11 is 0. The first-order valence-electron chi connectivity index (χ1n) is 7.55. The molecular formula is C16H20N2O3. The van der Waals surface area contributed by atoms with Crippen molar-refractivity contribution >= 4 is 17.6 Å². The fraction of sp³-hybridized carbons (Fsp3) is 0.500. The minimum absolute atomic E-state index is 0.0351. The normalized spacial score (nSPS) is 20.8. The van der Waals surface area contributed by atoms with E-state index >= 15 is 0 Å². The first-order valence-corrected chi connectivity index (χ1v) is 7.55. The molecule has 2 aliphatic heterocycles. The van der Waals surface area contributed by atoms with Crippen LogP contribution in [0.2, 0.25) is 0 Å². The highest BCUT2D eigenvalue weighted by molar-refractivity contribution is 5.95. The summed E-state index contributed by atoms with van der Waals surface area (Å²) in [6.07, 6.45) is 3.77. The molecule has 21 heavy (non-hydrogen) atoms. The number of carbonyl (C=O) groups excluding carboxylic acids is 1. The van der Waals surface area contributed by atoms with E-state index in [0.29, 0.717) is 12.1 Å². The topological polar surface area (TPSA) is 69.6 Å². The van der Waals surface area contributed by atoms with E-state index < -0.39 is 5.97 Å². The molecular weight excluding hydrogens is 268 g/mol. The van der Waals surface area contributed by atoms with Gasteiger partial charge in [-0.15, -0.1) is 0 Å². The number of aryl methyl sites for hydroxylation is 1. The zero-order chi connectivity index (χ0) is 14.8. The van der Waals surface area contributed by atoms with Gasteiger partial charge in [0.25, 0.3) is 5.91 Å². The number of anilines is 1. The van der Waals surface area contributed by atoms with Gasteiger partial charge in [0.1, 0.15) is 0 Å². The van der Waals surface area contributed by atoms with Crippen LogP contribution in [-0.4, -0.2) is 41.0 Å². The van der Waals surface area contributed by atoms with E-state index in [1.54, 1.807) is 4.90 Å². The number of hydrogen-bond donors (Lipinski definition) is 2. The number of nitrogens with one attached hydrogen (secondary N) is 1. The fourth-order valence-electron chi connectivity index (χ4n) is 3.29. The van der Waals surface area contributed by atoms with Crippen molar-refractivity contribution in [3.63, 3.8) is 0 Å². The number of rotatable bonds is 3. The Morgan fingerprint density at radius 2 is 2.19 bits per heavy atom. The fourth-order valence-corrected chi connectivity index (χ4v) is 3.29. The average molecular weight is 288 g/mol. The van der Waals surface area contributed by atoms with Crippen molar-refractivity contribution < 1.29 is 14.7 Å². The van der Waals surface area contributed by atoms with E-state index in [-0.39, 0.29) is 18.4 Å². The number of carboxylic acids is 1. The smallest absolute Gasteiger partial charge is 0.305 e. The monoisotopic (exact) mass is 288 g/mol. The van der Waals surface area contributed by atoms with Gasteiger partial charge in [0.2, 0.25) is 0 Å². The molecule has 112 valence electrons. The molecule has 1 aromatic rings. The Kier molecular flexibility index (Phi) is 3.82. The predicted octanol–water partition coefficient (Wildman–Crippen LogP) is 2.12. The first-order chi connectivity index (χ1) is 10.1. The molecule has 1 saturated heterocycles. The van der Waals surface area contributed by atoms with Crippen LogP contribution in [0.15, 0.2) is 18.2 Å². The van der Waals surface area contributed by atoms with Crippen LogP contribution in [0.4, 0.5) is 5.69 Å².